The number of benzene rings is 3. The summed E-state index contributed by atoms with van der Waals surface area (Å²) in [5.41, 5.74) is 1.50. The summed E-state index contributed by atoms with van der Waals surface area (Å²) in [5, 5.41) is 5.17. The molecule has 0 aliphatic heterocycles. The molecule has 0 unspecified atom stereocenters. The third kappa shape index (κ3) is 11.5. The summed E-state index contributed by atoms with van der Waals surface area (Å²) in [6, 6.07) is 24.7. The van der Waals surface area contributed by atoms with Gasteiger partial charge in [0.25, 0.3) is 0 Å². The minimum absolute atomic E-state index is 0.0102. The zero-order chi connectivity index (χ0) is 29.7. The number of ether oxygens (including phenoxy) is 3. The number of nitrogens with one attached hydrogen (secondary N) is 2. The second-order valence-electron chi connectivity index (χ2n) is 10.4. The fourth-order valence-corrected chi connectivity index (χ4v) is 3.77. The minimum atomic E-state index is -1.35. The van der Waals surface area contributed by atoms with Gasteiger partial charge in [-0.2, -0.15) is 0 Å². The maximum atomic E-state index is 13.5. The Morgan fingerprint density at radius 3 is 1.66 bits per heavy atom. The van der Waals surface area contributed by atoms with Crippen LogP contribution < -0.4 is 10.6 Å². The van der Waals surface area contributed by atoms with Crippen molar-refractivity contribution in [2.24, 2.45) is 0 Å². The molecule has 0 aliphatic carbocycles. The number of carbonyl (C=O) groups excluding carboxylic acids is 4. The molecule has 0 radical (unpaired) electrons. The lowest BCUT2D eigenvalue weighted by Crippen LogP contribution is -2.54. The van der Waals surface area contributed by atoms with Crippen molar-refractivity contribution < 1.29 is 33.4 Å². The number of alkyl carbamates (subject to hydrolysis) is 1. The van der Waals surface area contributed by atoms with E-state index in [0.717, 1.165) is 16.7 Å². The molecule has 3 rings (SSSR count). The Morgan fingerprint density at radius 2 is 1.15 bits per heavy atom. The number of amides is 2. The number of carbonyl (C=O) groups is 4. The van der Waals surface area contributed by atoms with E-state index in [-0.39, 0.29) is 19.6 Å². The molecular formula is C32H36N2O7. The molecule has 0 heterocycles. The van der Waals surface area contributed by atoms with Crippen LogP contribution >= 0.6 is 0 Å². The maximum Gasteiger partial charge on any atom is 0.408 e. The van der Waals surface area contributed by atoms with E-state index >= 15 is 0 Å². The molecule has 2 N–H and O–H groups in total. The van der Waals surface area contributed by atoms with Crippen molar-refractivity contribution in [3.05, 3.63) is 108 Å². The Morgan fingerprint density at radius 1 is 0.659 bits per heavy atom. The second-order valence-corrected chi connectivity index (χ2v) is 10.4. The fraction of sp³-hybridized carbons (Fsp3) is 0.312. The first-order chi connectivity index (χ1) is 19.6. The molecule has 3 aromatic rings. The van der Waals surface area contributed by atoms with Gasteiger partial charge in [0.1, 0.15) is 30.9 Å². The van der Waals surface area contributed by atoms with E-state index in [4.69, 9.17) is 14.2 Å². The van der Waals surface area contributed by atoms with Gasteiger partial charge in [-0.15, -0.1) is 0 Å². The molecule has 2 amide bonds. The molecule has 2 atom stereocenters. The predicted octanol–water partition coefficient (Wildman–Crippen LogP) is 4.48. The summed E-state index contributed by atoms with van der Waals surface area (Å²) in [6.45, 7) is 5.08. The quantitative estimate of drug-likeness (QED) is 0.248. The Kier molecular flexibility index (Phi) is 11.5. The highest BCUT2D eigenvalue weighted by Crippen LogP contribution is 2.11. The SMILES string of the molecule is CC(C)(C)OC(=O)N[C@@H](Cc1ccccc1)C(=O)N[C@@H](CC(=O)OCc1ccccc1)C(=O)OCc1ccccc1. The molecule has 0 saturated heterocycles. The van der Waals surface area contributed by atoms with Crippen molar-refractivity contribution >= 4 is 23.9 Å². The summed E-state index contributed by atoms with van der Waals surface area (Å²) in [6.07, 6.45) is -1.13. The van der Waals surface area contributed by atoms with Gasteiger partial charge in [-0.1, -0.05) is 91.0 Å². The Bertz CT molecular complexity index is 1280. The normalized spacial score (nSPS) is 12.4. The van der Waals surface area contributed by atoms with Crippen LogP contribution in [0.2, 0.25) is 0 Å². The van der Waals surface area contributed by atoms with E-state index < -0.39 is 48.0 Å². The highest BCUT2D eigenvalue weighted by Gasteiger charge is 2.31. The van der Waals surface area contributed by atoms with Crippen LogP contribution in [0, 0.1) is 0 Å². The van der Waals surface area contributed by atoms with Crippen molar-refractivity contribution in [3.63, 3.8) is 0 Å². The first-order valence-electron chi connectivity index (χ1n) is 13.3. The maximum absolute atomic E-state index is 13.5. The molecule has 9 nitrogen and oxygen atoms in total. The third-order valence-electron chi connectivity index (χ3n) is 5.73. The number of hydrogen-bond donors (Lipinski definition) is 2. The lowest BCUT2D eigenvalue weighted by Gasteiger charge is -2.25. The van der Waals surface area contributed by atoms with Crippen molar-refractivity contribution in [3.8, 4) is 0 Å². The first kappa shape index (κ1) is 30.9. The van der Waals surface area contributed by atoms with Crippen LogP contribution in [-0.4, -0.2) is 41.6 Å². The lowest BCUT2D eigenvalue weighted by atomic mass is 10.0. The van der Waals surface area contributed by atoms with Gasteiger partial charge in [0.05, 0.1) is 6.42 Å². The summed E-state index contributed by atoms with van der Waals surface area (Å²) in [5.74, 6) is -2.19. The Labute approximate surface area is 240 Å². The molecule has 216 valence electrons. The molecule has 0 spiro atoms. The van der Waals surface area contributed by atoms with Crippen LogP contribution in [0.15, 0.2) is 91.0 Å². The van der Waals surface area contributed by atoms with Gasteiger partial charge in [-0.25, -0.2) is 9.59 Å². The van der Waals surface area contributed by atoms with E-state index in [9.17, 15) is 19.2 Å². The Balaban J connectivity index is 1.74. The van der Waals surface area contributed by atoms with Gasteiger partial charge in [0, 0.05) is 6.42 Å². The molecule has 0 aromatic heterocycles. The molecule has 41 heavy (non-hydrogen) atoms. The van der Waals surface area contributed by atoms with Gasteiger partial charge < -0.3 is 24.8 Å². The standard InChI is InChI=1S/C32H36N2O7/c1-32(2,3)41-31(38)34-26(19-23-13-7-4-8-14-23)29(36)33-27(30(37)40-22-25-17-11-6-12-18-25)20-28(35)39-21-24-15-9-5-10-16-24/h4-18,26-27H,19-22H2,1-3H3,(H,33,36)(H,34,38)/t26-,27-/m0/s1. The number of hydrogen-bond acceptors (Lipinski definition) is 7. The van der Waals surface area contributed by atoms with Gasteiger partial charge in [0.2, 0.25) is 5.91 Å². The van der Waals surface area contributed by atoms with Gasteiger partial charge in [0.15, 0.2) is 0 Å². The predicted molar refractivity (Wildman–Crippen MR) is 152 cm³/mol. The lowest BCUT2D eigenvalue weighted by molar-refractivity contribution is -0.155. The second kappa shape index (κ2) is 15.2. The monoisotopic (exact) mass is 560 g/mol. The molecule has 9 heteroatoms. The molecular weight excluding hydrogens is 524 g/mol. The summed E-state index contributed by atoms with van der Waals surface area (Å²) in [4.78, 5) is 51.8. The average molecular weight is 561 g/mol. The van der Waals surface area contributed by atoms with E-state index in [1.54, 1.807) is 57.2 Å². The third-order valence-corrected chi connectivity index (χ3v) is 5.73. The van der Waals surface area contributed by atoms with E-state index in [1.165, 1.54) is 0 Å². The van der Waals surface area contributed by atoms with Crippen LogP contribution in [0.5, 0.6) is 0 Å². The molecule has 3 aromatic carbocycles. The zero-order valence-electron chi connectivity index (χ0n) is 23.5. The minimum Gasteiger partial charge on any atom is -0.461 e. The smallest absolute Gasteiger partial charge is 0.408 e. The number of esters is 2. The van der Waals surface area contributed by atoms with Gasteiger partial charge >= 0.3 is 18.0 Å². The molecule has 0 fully saturated rings. The van der Waals surface area contributed by atoms with Crippen LogP contribution in [-0.2, 0) is 48.2 Å². The molecule has 0 saturated carbocycles. The van der Waals surface area contributed by atoms with E-state index in [2.05, 4.69) is 10.6 Å². The van der Waals surface area contributed by atoms with Crippen LogP contribution in [0.4, 0.5) is 4.79 Å². The number of rotatable bonds is 12. The van der Waals surface area contributed by atoms with Gasteiger partial charge in [-0.3, -0.25) is 9.59 Å². The topological polar surface area (TPSA) is 120 Å². The molecule has 0 aliphatic rings. The van der Waals surface area contributed by atoms with Crippen molar-refractivity contribution in [2.45, 2.75) is 64.5 Å². The highest BCUT2D eigenvalue weighted by molar-refractivity contribution is 5.91. The van der Waals surface area contributed by atoms with Crippen molar-refractivity contribution in [2.75, 3.05) is 0 Å². The highest BCUT2D eigenvalue weighted by atomic mass is 16.6. The Hall–Kier alpha value is -4.66. The average Bonchev–Trinajstić information content (AvgIpc) is 2.94. The van der Waals surface area contributed by atoms with Gasteiger partial charge in [-0.05, 0) is 37.5 Å². The zero-order valence-corrected chi connectivity index (χ0v) is 23.5. The molecule has 0 bridgehead atoms. The van der Waals surface area contributed by atoms with Crippen LogP contribution in [0.3, 0.4) is 0 Å². The van der Waals surface area contributed by atoms with Crippen molar-refractivity contribution in [1.82, 2.24) is 10.6 Å². The van der Waals surface area contributed by atoms with Crippen LogP contribution in [0.25, 0.3) is 0 Å². The van der Waals surface area contributed by atoms with Crippen LogP contribution in [0.1, 0.15) is 43.9 Å². The fourth-order valence-electron chi connectivity index (χ4n) is 3.77. The van der Waals surface area contributed by atoms with E-state index in [1.807, 2.05) is 54.6 Å². The summed E-state index contributed by atoms with van der Waals surface area (Å²) in [7, 11) is 0. The van der Waals surface area contributed by atoms with E-state index in [0.29, 0.717) is 0 Å². The largest absolute Gasteiger partial charge is 0.461 e. The first-order valence-corrected chi connectivity index (χ1v) is 13.3. The summed E-state index contributed by atoms with van der Waals surface area (Å²) < 4.78 is 16.1. The van der Waals surface area contributed by atoms with Crippen molar-refractivity contribution in [1.29, 1.82) is 0 Å². The summed E-state index contributed by atoms with van der Waals surface area (Å²) >= 11 is 0.